The molecule has 0 atom stereocenters. The third kappa shape index (κ3) is 2.95. The predicted molar refractivity (Wildman–Crippen MR) is 102 cm³/mol. The molecule has 1 aliphatic heterocycles. The number of carbonyl (C=O) groups excluding carboxylic acids is 1. The van der Waals surface area contributed by atoms with Crippen LogP contribution in [0.2, 0.25) is 0 Å². The molecule has 0 amide bonds. The van der Waals surface area contributed by atoms with Gasteiger partial charge in [0.25, 0.3) is 5.89 Å². The Morgan fingerprint density at radius 3 is 2.39 bits per heavy atom. The fourth-order valence-corrected chi connectivity index (χ4v) is 3.84. The summed E-state index contributed by atoms with van der Waals surface area (Å²) >= 11 is 1.50. The standard InChI is InChI=1S/C21H14N2O4S/c24-21(25-12-18-22-20(27-23-18)17-10-5-11-28-17)19-13-6-1-3-8-15(13)26-16-9-4-2-7-14(16)19/h1-11,19H,12H2. The van der Waals surface area contributed by atoms with Crippen molar-refractivity contribution >= 4 is 17.3 Å². The van der Waals surface area contributed by atoms with Gasteiger partial charge in [-0.15, -0.1) is 11.3 Å². The lowest BCUT2D eigenvalue weighted by atomic mass is 9.88. The maximum absolute atomic E-state index is 13.0. The Morgan fingerprint density at radius 1 is 1.00 bits per heavy atom. The second-order valence-corrected chi connectivity index (χ2v) is 7.16. The van der Waals surface area contributed by atoms with Gasteiger partial charge in [0.05, 0.1) is 4.88 Å². The number of hydrogen-bond donors (Lipinski definition) is 0. The highest BCUT2D eigenvalue weighted by Gasteiger charge is 2.33. The van der Waals surface area contributed by atoms with E-state index in [4.69, 9.17) is 14.0 Å². The van der Waals surface area contributed by atoms with E-state index in [1.165, 1.54) is 11.3 Å². The number of fused-ring (bicyclic) bond motifs is 2. The SMILES string of the molecule is O=C(OCc1noc(-c2cccs2)n1)C1c2ccccc2Oc2ccccc21. The van der Waals surface area contributed by atoms with Crippen molar-refractivity contribution < 1.29 is 18.8 Å². The van der Waals surface area contributed by atoms with E-state index in [0.717, 1.165) is 16.0 Å². The summed E-state index contributed by atoms with van der Waals surface area (Å²) in [7, 11) is 0. The predicted octanol–water partition coefficient (Wildman–Crippen LogP) is 4.78. The monoisotopic (exact) mass is 390 g/mol. The summed E-state index contributed by atoms with van der Waals surface area (Å²) in [5.41, 5.74) is 1.55. The molecule has 0 radical (unpaired) electrons. The Kier molecular flexibility index (Phi) is 4.14. The van der Waals surface area contributed by atoms with Crippen LogP contribution in [-0.4, -0.2) is 16.1 Å². The molecule has 6 nitrogen and oxygen atoms in total. The second-order valence-electron chi connectivity index (χ2n) is 6.21. The summed E-state index contributed by atoms with van der Waals surface area (Å²) in [5, 5.41) is 5.83. The van der Waals surface area contributed by atoms with E-state index in [1.807, 2.05) is 66.0 Å². The highest BCUT2D eigenvalue weighted by molar-refractivity contribution is 7.13. The van der Waals surface area contributed by atoms with Gasteiger partial charge < -0.3 is 14.0 Å². The molecule has 28 heavy (non-hydrogen) atoms. The zero-order valence-electron chi connectivity index (χ0n) is 14.6. The van der Waals surface area contributed by atoms with Crippen LogP contribution in [-0.2, 0) is 16.1 Å². The molecule has 138 valence electrons. The minimum absolute atomic E-state index is 0.0601. The van der Waals surface area contributed by atoms with Crippen LogP contribution in [0.4, 0.5) is 0 Å². The molecule has 0 saturated heterocycles. The Labute approximate surface area is 164 Å². The topological polar surface area (TPSA) is 74.5 Å². The number of para-hydroxylation sites is 2. The summed E-state index contributed by atoms with van der Waals surface area (Å²) in [4.78, 5) is 18.1. The average Bonchev–Trinajstić information content (AvgIpc) is 3.42. The number of esters is 1. The third-order valence-corrected chi connectivity index (χ3v) is 5.32. The summed E-state index contributed by atoms with van der Waals surface area (Å²) < 4.78 is 16.7. The van der Waals surface area contributed by atoms with Crippen LogP contribution in [0.3, 0.4) is 0 Å². The molecule has 2 aromatic heterocycles. The number of benzene rings is 2. The summed E-state index contributed by atoms with van der Waals surface area (Å²) in [6.07, 6.45) is 0. The molecule has 1 aliphatic rings. The van der Waals surface area contributed by atoms with Crippen molar-refractivity contribution in [3.63, 3.8) is 0 Å². The highest BCUT2D eigenvalue weighted by atomic mass is 32.1. The Morgan fingerprint density at radius 2 is 1.71 bits per heavy atom. The first-order chi connectivity index (χ1) is 13.8. The molecule has 0 aliphatic carbocycles. The second kappa shape index (κ2) is 6.94. The molecule has 0 unspecified atom stereocenters. The third-order valence-electron chi connectivity index (χ3n) is 4.46. The van der Waals surface area contributed by atoms with Gasteiger partial charge in [-0.25, -0.2) is 0 Å². The number of rotatable bonds is 4. The molecule has 7 heteroatoms. The zero-order chi connectivity index (χ0) is 18.9. The van der Waals surface area contributed by atoms with E-state index in [1.54, 1.807) is 0 Å². The number of hydrogen-bond acceptors (Lipinski definition) is 7. The van der Waals surface area contributed by atoms with Crippen LogP contribution in [0.25, 0.3) is 10.8 Å². The van der Waals surface area contributed by atoms with Gasteiger partial charge in [-0.2, -0.15) is 4.98 Å². The van der Waals surface area contributed by atoms with Crippen LogP contribution in [0.1, 0.15) is 22.9 Å². The zero-order valence-corrected chi connectivity index (χ0v) is 15.4. The van der Waals surface area contributed by atoms with Crippen molar-refractivity contribution in [2.45, 2.75) is 12.5 Å². The van der Waals surface area contributed by atoms with Crippen LogP contribution in [0.15, 0.2) is 70.6 Å². The fourth-order valence-electron chi connectivity index (χ4n) is 3.20. The number of thiophene rings is 1. The lowest BCUT2D eigenvalue weighted by Gasteiger charge is -2.26. The summed E-state index contributed by atoms with van der Waals surface area (Å²) in [6.45, 7) is -0.0601. The number of nitrogens with zero attached hydrogens (tertiary/aromatic N) is 2. The van der Waals surface area contributed by atoms with Gasteiger partial charge in [0.15, 0.2) is 6.61 Å². The van der Waals surface area contributed by atoms with Crippen molar-refractivity contribution in [3.8, 4) is 22.3 Å². The van der Waals surface area contributed by atoms with Gasteiger partial charge in [0.2, 0.25) is 5.82 Å². The Hall–Kier alpha value is -3.45. The smallest absolute Gasteiger partial charge is 0.318 e. The average molecular weight is 390 g/mol. The lowest BCUT2D eigenvalue weighted by molar-refractivity contribution is -0.146. The summed E-state index contributed by atoms with van der Waals surface area (Å²) in [5.74, 6) is 1.11. The van der Waals surface area contributed by atoms with E-state index in [9.17, 15) is 4.79 Å². The number of aromatic nitrogens is 2. The van der Waals surface area contributed by atoms with E-state index >= 15 is 0 Å². The molecule has 0 spiro atoms. The van der Waals surface area contributed by atoms with Gasteiger partial charge in [-0.05, 0) is 23.6 Å². The van der Waals surface area contributed by atoms with Gasteiger partial charge in [0.1, 0.15) is 17.4 Å². The molecule has 5 rings (SSSR count). The van der Waals surface area contributed by atoms with Crippen LogP contribution < -0.4 is 4.74 Å². The fraction of sp³-hybridized carbons (Fsp3) is 0.0952. The lowest BCUT2D eigenvalue weighted by Crippen LogP contribution is -2.21. The molecular weight excluding hydrogens is 376 g/mol. The number of carbonyl (C=O) groups is 1. The van der Waals surface area contributed by atoms with Gasteiger partial charge in [0, 0.05) is 11.1 Å². The molecule has 0 bridgehead atoms. The Bertz CT molecular complexity index is 1090. The van der Waals surface area contributed by atoms with Crippen LogP contribution >= 0.6 is 11.3 Å². The van der Waals surface area contributed by atoms with Crippen molar-refractivity contribution in [2.75, 3.05) is 0 Å². The van der Waals surface area contributed by atoms with Crippen molar-refractivity contribution in [1.29, 1.82) is 0 Å². The molecule has 0 N–H and O–H groups in total. The molecular formula is C21H14N2O4S. The molecule has 0 fully saturated rings. The number of ether oxygens (including phenoxy) is 2. The normalized spacial score (nSPS) is 12.7. The minimum atomic E-state index is -0.565. The van der Waals surface area contributed by atoms with Gasteiger partial charge in [-0.3, -0.25) is 4.79 Å². The quantitative estimate of drug-likeness (QED) is 0.467. The minimum Gasteiger partial charge on any atom is -0.457 e. The van der Waals surface area contributed by atoms with E-state index in [0.29, 0.717) is 23.2 Å². The highest BCUT2D eigenvalue weighted by Crippen LogP contribution is 2.44. The summed E-state index contributed by atoms with van der Waals surface area (Å²) in [6, 6.07) is 18.7. The van der Waals surface area contributed by atoms with Gasteiger partial charge >= 0.3 is 5.97 Å². The Balaban J connectivity index is 1.38. The maximum atomic E-state index is 13.0. The van der Waals surface area contributed by atoms with Crippen LogP contribution in [0, 0.1) is 0 Å². The maximum Gasteiger partial charge on any atom is 0.318 e. The van der Waals surface area contributed by atoms with Crippen molar-refractivity contribution in [2.24, 2.45) is 0 Å². The largest absolute Gasteiger partial charge is 0.457 e. The first-order valence-corrected chi connectivity index (χ1v) is 9.56. The van der Waals surface area contributed by atoms with E-state index in [-0.39, 0.29) is 12.6 Å². The molecule has 2 aromatic carbocycles. The van der Waals surface area contributed by atoms with Gasteiger partial charge in [-0.1, -0.05) is 47.6 Å². The van der Waals surface area contributed by atoms with Crippen molar-refractivity contribution in [3.05, 3.63) is 83.0 Å². The first kappa shape index (κ1) is 16.7. The van der Waals surface area contributed by atoms with E-state index < -0.39 is 5.92 Å². The molecule has 3 heterocycles. The molecule has 0 saturated carbocycles. The van der Waals surface area contributed by atoms with Crippen LogP contribution in [0.5, 0.6) is 11.5 Å². The van der Waals surface area contributed by atoms with Crippen molar-refractivity contribution in [1.82, 2.24) is 10.1 Å². The first-order valence-electron chi connectivity index (χ1n) is 8.68. The molecule has 4 aromatic rings. The van der Waals surface area contributed by atoms with E-state index in [2.05, 4.69) is 10.1 Å².